The van der Waals surface area contributed by atoms with Crippen LogP contribution >= 0.6 is 0 Å². The lowest BCUT2D eigenvalue weighted by molar-refractivity contribution is 0.0760. The van der Waals surface area contributed by atoms with Gasteiger partial charge in [0.25, 0.3) is 5.91 Å². The van der Waals surface area contributed by atoms with E-state index in [9.17, 15) is 9.59 Å². The van der Waals surface area contributed by atoms with Crippen LogP contribution in [-0.2, 0) is 12.8 Å². The molecule has 25 heavy (non-hydrogen) atoms. The molecule has 2 aromatic rings. The van der Waals surface area contributed by atoms with Crippen molar-refractivity contribution in [3.8, 4) is 0 Å². The van der Waals surface area contributed by atoms with Crippen LogP contribution in [0.2, 0.25) is 0 Å². The van der Waals surface area contributed by atoms with Crippen LogP contribution < -0.4 is 5.56 Å². The van der Waals surface area contributed by atoms with E-state index in [1.54, 1.807) is 6.07 Å². The summed E-state index contributed by atoms with van der Waals surface area (Å²) >= 11 is 0. The smallest absolute Gasteiger partial charge is 0.255 e. The van der Waals surface area contributed by atoms with Gasteiger partial charge in [-0.25, -0.2) is 0 Å². The number of aromatic nitrogens is 3. The lowest BCUT2D eigenvalue weighted by atomic mass is 10.0. The zero-order chi connectivity index (χ0) is 17.6. The van der Waals surface area contributed by atoms with Crippen molar-refractivity contribution in [2.75, 3.05) is 13.1 Å². The van der Waals surface area contributed by atoms with Crippen LogP contribution in [0.4, 0.5) is 0 Å². The van der Waals surface area contributed by atoms with Crippen LogP contribution in [0.25, 0.3) is 0 Å². The molecule has 0 saturated heterocycles. The van der Waals surface area contributed by atoms with E-state index in [1.165, 1.54) is 35.9 Å². The van der Waals surface area contributed by atoms with Crippen molar-refractivity contribution in [2.45, 2.75) is 51.4 Å². The minimum Gasteiger partial charge on any atom is -0.338 e. The van der Waals surface area contributed by atoms with Crippen molar-refractivity contribution in [1.82, 2.24) is 20.1 Å². The first-order chi connectivity index (χ1) is 12.0. The van der Waals surface area contributed by atoms with Crippen LogP contribution in [0.15, 0.2) is 16.9 Å². The summed E-state index contributed by atoms with van der Waals surface area (Å²) in [6.07, 6.45) is 4.12. The van der Waals surface area contributed by atoms with Crippen molar-refractivity contribution in [1.29, 1.82) is 0 Å². The Morgan fingerprint density at radius 2 is 2.00 bits per heavy atom. The van der Waals surface area contributed by atoms with Gasteiger partial charge in [0.1, 0.15) is 0 Å². The largest absolute Gasteiger partial charge is 0.338 e. The minimum absolute atomic E-state index is 0.00559. The molecule has 2 N–H and O–H groups in total. The maximum atomic E-state index is 13.1. The van der Waals surface area contributed by atoms with Gasteiger partial charge in [0.15, 0.2) is 0 Å². The molecule has 0 radical (unpaired) electrons. The molecule has 1 saturated carbocycles. The highest BCUT2D eigenvalue weighted by atomic mass is 16.2. The van der Waals surface area contributed by atoms with Crippen LogP contribution in [0.1, 0.15) is 71.5 Å². The molecule has 3 heterocycles. The molecule has 132 valence electrons. The van der Waals surface area contributed by atoms with Gasteiger partial charge in [-0.2, -0.15) is 5.10 Å². The molecule has 6 nitrogen and oxygen atoms in total. The zero-order valence-electron chi connectivity index (χ0n) is 14.8. The normalized spacial score (nSPS) is 17.5. The number of aromatic amines is 2. The van der Waals surface area contributed by atoms with E-state index in [1.807, 2.05) is 18.7 Å². The number of pyridine rings is 1. The highest BCUT2D eigenvalue weighted by molar-refractivity contribution is 5.95. The fourth-order valence-electron chi connectivity index (χ4n) is 3.71. The molecule has 4 rings (SSSR count). The number of carbonyl (C=O) groups excluding carboxylic acids is 1. The Morgan fingerprint density at radius 1 is 1.24 bits per heavy atom. The Kier molecular flexibility index (Phi) is 3.98. The molecule has 6 heteroatoms. The SMILES string of the molecule is CC(C)c1[nH]c(=O)ccc1C(=O)N1CCc2[nH]nc(C3CC3)c2CC1. The number of rotatable bonds is 3. The molecule has 0 bridgehead atoms. The lowest BCUT2D eigenvalue weighted by Crippen LogP contribution is -2.34. The van der Waals surface area contributed by atoms with Crippen molar-refractivity contribution in [3.63, 3.8) is 0 Å². The van der Waals surface area contributed by atoms with Crippen LogP contribution in [0, 0.1) is 0 Å². The first kappa shape index (κ1) is 16.1. The molecule has 0 unspecified atom stereocenters. The number of hydrogen-bond acceptors (Lipinski definition) is 3. The van der Waals surface area contributed by atoms with Crippen molar-refractivity contribution < 1.29 is 4.79 Å². The minimum atomic E-state index is -0.161. The summed E-state index contributed by atoms with van der Waals surface area (Å²) in [5.41, 5.74) is 4.90. The predicted octanol–water partition coefficient (Wildman–Crippen LogP) is 2.34. The molecule has 1 aliphatic heterocycles. The van der Waals surface area contributed by atoms with E-state index in [0.29, 0.717) is 24.6 Å². The number of amides is 1. The van der Waals surface area contributed by atoms with E-state index in [-0.39, 0.29) is 17.4 Å². The first-order valence-electron chi connectivity index (χ1n) is 9.13. The van der Waals surface area contributed by atoms with Gasteiger partial charge in [0.2, 0.25) is 5.56 Å². The van der Waals surface area contributed by atoms with Crippen LogP contribution in [0.5, 0.6) is 0 Å². The van der Waals surface area contributed by atoms with E-state index in [4.69, 9.17) is 0 Å². The molecule has 1 amide bonds. The van der Waals surface area contributed by atoms with Gasteiger partial charge in [0, 0.05) is 42.9 Å². The number of H-pyrrole nitrogens is 2. The lowest BCUT2D eigenvalue weighted by Gasteiger charge is -2.22. The average Bonchev–Trinajstić information content (AvgIpc) is 3.39. The van der Waals surface area contributed by atoms with Crippen molar-refractivity contribution >= 4 is 5.91 Å². The van der Waals surface area contributed by atoms with Gasteiger partial charge in [-0.15, -0.1) is 0 Å². The van der Waals surface area contributed by atoms with E-state index >= 15 is 0 Å². The number of nitrogens with one attached hydrogen (secondary N) is 2. The highest BCUT2D eigenvalue weighted by Gasteiger charge is 2.32. The Labute approximate surface area is 146 Å². The monoisotopic (exact) mass is 340 g/mol. The van der Waals surface area contributed by atoms with Gasteiger partial charge in [-0.1, -0.05) is 13.8 Å². The Hall–Kier alpha value is -2.37. The number of carbonyl (C=O) groups is 1. The summed E-state index contributed by atoms with van der Waals surface area (Å²) in [4.78, 5) is 29.4. The molecule has 2 aromatic heterocycles. The van der Waals surface area contributed by atoms with Gasteiger partial charge in [-0.3, -0.25) is 14.7 Å². The third-order valence-electron chi connectivity index (χ3n) is 5.26. The van der Waals surface area contributed by atoms with E-state index in [2.05, 4.69) is 15.2 Å². The van der Waals surface area contributed by atoms with Crippen LogP contribution in [0.3, 0.4) is 0 Å². The molecule has 1 fully saturated rings. The maximum Gasteiger partial charge on any atom is 0.255 e. The van der Waals surface area contributed by atoms with Gasteiger partial charge < -0.3 is 9.88 Å². The molecule has 0 spiro atoms. The predicted molar refractivity (Wildman–Crippen MR) is 95.0 cm³/mol. The van der Waals surface area contributed by atoms with Gasteiger partial charge in [0.05, 0.1) is 11.3 Å². The number of hydrogen-bond donors (Lipinski definition) is 2. The standard InChI is InChI=1S/C19H24N4O2/c1-11(2)17-14(5-6-16(24)20-17)19(25)23-9-7-13-15(8-10-23)21-22-18(13)12-3-4-12/h5-6,11-12H,3-4,7-10H2,1-2H3,(H,20,24)(H,21,22). The summed E-state index contributed by atoms with van der Waals surface area (Å²) in [5.74, 6) is 0.721. The highest BCUT2D eigenvalue weighted by Crippen LogP contribution is 2.41. The average molecular weight is 340 g/mol. The third-order valence-corrected chi connectivity index (χ3v) is 5.26. The van der Waals surface area contributed by atoms with Crippen LogP contribution in [-0.4, -0.2) is 39.1 Å². The van der Waals surface area contributed by atoms with Crippen molar-refractivity contribution in [3.05, 3.63) is 50.7 Å². The molecular formula is C19H24N4O2. The summed E-state index contributed by atoms with van der Waals surface area (Å²) in [6, 6.07) is 3.10. The molecule has 2 aliphatic rings. The van der Waals surface area contributed by atoms with E-state index in [0.717, 1.165) is 18.5 Å². The Bertz CT molecular complexity index is 861. The van der Waals surface area contributed by atoms with Crippen molar-refractivity contribution in [2.24, 2.45) is 0 Å². The van der Waals surface area contributed by atoms with Gasteiger partial charge in [-0.05, 0) is 36.8 Å². The quantitative estimate of drug-likeness (QED) is 0.900. The fourth-order valence-corrected chi connectivity index (χ4v) is 3.71. The van der Waals surface area contributed by atoms with Gasteiger partial charge >= 0.3 is 0 Å². The second-order valence-corrected chi connectivity index (χ2v) is 7.44. The fraction of sp³-hybridized carbons (Fsp3) is 0.526. The molecule has 0 aromatic carbocycles. The Balaban J connectivity index is 1.57. The second-order valence-electron chi connectivity index (χ2n) is 7.44. The summed E-state index contributed by atoms with van der Waals surface area (Å²) in [5, 5.41) is 7.70. The summed E-state index contributed by atoms with van der Waals surface area (Å²) in [6.45, 7) is 5.35. The molecule has 1 aliphatic carbocycles. The summed E-state index contributed by atoms with van der Waals surface area (Å²) in [7, 11) is 0. The maximum absolute atomic E-state index is 13.1. The summed E-state index contributed by atoms with van der Waals surface area (Å²) < 4.78 is 0. The number of nitrogens with zero attached hydrogens (tertiary/aromatic N) is 2. The first-order valence-corrected chi connectivity index (χ1v) is 9.13. The third kappa shape index (κ3) is 3.01. The molecular weight excluding hydrogens is 316 g/mol. The number of fused-ring (bicyclic) bond motifs is 1. The van der Waals surface area contributed by atoms with E-state index < -0.39 is 0 Å². The molecule has 0 atom stereocenters. The Morgan fingerprint density at radius 3 is 2.72 bits per heavy atom. The topological polar surface area (TPSA) is 81.9 Å². The zero-order valence-corrected chi connectivity index (χ0v) is 14.8. The second kappa shape index (κ2) is 6.17.